The summed E-state index contributed by atoms with van der Waals surface area (Å²) in [4.78, 5) is 2.57. The van der Waals surface area contributed by atoms with Gasteiger partial charge in [-0.15, -0.1) is 0 Å². The summed E-state index contributed by atoms with van der Waals surface area (Å²) in [6.45, 7) is 6.68. The van der Waals surface area contributed by atoms with Gasteiger partial charge in [0.2, 0.25) is 0 Å². The number of likely N-dealkylation sites (N-methyl/N-ethyl adjacent to an activating group) is 1. The fourth-order valence-corrected chi connectivity index (χ4v) is 3.09. The van der Waals surface area contributed by atoms with E-state index in [2.05, 4.69) is 45.5 Å². The van der Waals surface area contributed by atoms with E-state index in [4.69, 9.17) is 0 Å². The Labute approximate surface area is 114 Å². The van der Waals surface area contributed by atoms with E-state index < -0.39 is 0 Å². The molecule has 0 spiro atoms. The monoisotopic (exact) mass is 258 g/mol. The minimum atomic E-state index is 0.714. The molecule has 2 N–H and O–H groups in total. The van der Waals surface area contributed by atoms with Gasteiger partial charge in [0.25, 0.3) is 0 Å². The van der Waals surface area contributed by atoms with E-state index in [1.807, 2.05) is 6.20 Å². The lowest BCUT2D eigenvalue weighted by Crippen LogP contribution is -2.37. The first kappa shape index (κ1) is 12.6. The number of hydrogen-bond acceptors (Lipinski definition) is 3. The van der Waals surface area contributed by atoms with E-state index in [1.54, 1.807) is 0 Å². The number of hydrogen-bond donors (Lipinski definition) is 2. The molecule has 0 bridgehead atoms. The summed E-state index contributed by atoms with van der Waals surface area (Å²) in [5, 5.41) is 12.0. The van der Waals surface area contributed by atoms with Crippen LogP contribution >= 0.6 is 0 Å². The molecular weight excluding hydrogens is 236 g/mol. The van der Waals surface area contributed by atoms with Crippen LogP contribution in [0.5, 0.6) is 0 Å². The van der Waals surface area contributed by atoms with Gasteiger partial charge in [-0.1, -0.05) is 25.1 Å². The topological polar surface area (TPSA) is 44.0 Å². The molecule has 1 unspecified atom stereocenters. The molecule has 4 nitrogen and oxygen atoms in total. The van der Waals surface area contributed by atoms with Gasteiger partial charge >= 0.3 is 0 Å². The van der Waals surface area contributed by atoms with Gasteiger partial charge in [-0.3, -0.25) is 10.00 Å². The van der Waals surface area contributed by atoms with Crippen LogP contribution in [0.2, 0.25) is 0 Å². The summed E-state index contributed by atoms with van der Waals surface area (Å²) in [7, 11) is 0. The highest BCUT2D eigenvalue weighted by atomic mass is 15.2. The first-order valence-electron chi connectivity index (χ1n) is 7.24. The number of aromatic amines is 1. The Balaban J connectivity index is 1.59. The number of para-hydroxylation sites is 1. The third-order valence-corrected chi connectivity index (χ3v) is 4.16. The number of likely N-dealkylation sites (tertiary alicyclic amines) is 1. The SMILES string of the molecule is CCN1CCCC1CNCc1cccc2cn[nH]c12. The molecule has 19 heavy (non-hydrogen) atoms. The van der Waals surface area contributed by atoms with E-state index in [0.717, 1.165) is 18.6 Å². The Bertz CT molecular complexity index is 534. The van der Waals surface area contributed by atoms with Crippen molar-refractivity contribution >= 4 is 10.9 Å². The van der Waals surface area contributed by atoms with Gasteiger partial charge in [0.15, 0.2) is 0 Å². The summed E-state index contributed by atoms with van der Waals surface area (Å²) in [6, 6.07) is 7.08. The number of H-pyrrole nitrogens is 1. The maximum Gasteiger partial charge on any atom is 0.0695 e. The van der Waals surface area contributed by atoms with Crippen LogP contribution in [0.3, 0.4) is 0 Å². The Hall–Kier alpha value is -1.39. The van der Waals surface area contributed by atoms with Crippen molar-refractivity contribution in [2.75, 3.05) is 19.6 Å². The fraction of sp³-hybridized carbons (Fsp3) is 0.533. The zero-order valence-corrected chi connectivity index (χ0v) is 11.5. The number of nitrogens with zero attached hydrogens (tertiary/aromatic N) is 2. The Morgan fingerprint density at radius 3 is 3.32 bits per heavy atom. The van der Waals surface area contributed by atoms with Gasteiger partial charge in [0.05, 0.1) is 11.7 Å². The zero-order chi connectivity index (χ0) is 13.1. The van der Waals surface area contributed by atoms with Crippen LogP contribution in [0.1, 0.15) is 25.3 Å². The second-order valence-electron chi connectivity index (χ2n) is 5.31. The molecule has 2 heterocycles. The molecule has 1 aromatic heterocycles. The third kappa shape index (κ3) is 2.65. The Morgan fingerprint density at radius 1 is 1.47 bits per heavy atom. The lowest BCUT2D eigenvalue weighted by Gasteiger charge is -2.23. The standard InChI is InChI=1S/C15H22N4/c1-2-19-8-4-7-14(19)11-16-9-12-5-3-6-13-10-17-18-15(12)13/h3,5-6,10,14,16H,2,4,7-9,11H2,1H3,(H,17,18). The molecule has 3 rings (SSSR count). The summed E-state index contributed by atoms with van der Waals surface area (Å²) in [5.41, 5.74) is 2.46. The van der Waals surface area contributed by atoms with E-state index in [1.165, 1.54) is 36.9 Å². The van der Waals surface area contributed by atoms with Crippen LogP contribution in [0.25, 0.3) is 10.9 Å². The second kappa shape index (κ2) is 5.72. The summed E-state index contributed by atoms with van der Waals surface area (Å²) < 4.78 is 0. The Morgan fingerprint density at radius 2 is 2.42 bits per heavy atom. The minimum Gasteiger partial charge on any atom is -0.311 e. The first-order chi connectivity index (χ1) is 9.38. The zero-order valence-electron chi connectivity index (χ0n) is 11.5. The van der Waals surface area contributed by atoms with Crippen molar-refractivity contribution in [3.8, 4) is 0 Å². The molecule has 2 aromatic rings. The molecule has 102 valence electrons. The molecule has 0 amide bonds. The molecule has 1 aliphatic heterocycles. The van der Waals surface area contributed by atoms with E-state index in [0.29, 0.717) is 6.04 Å². The predicted molar refractivity (Wildman–Crippen MR) is 78.1 cm³/mol. The van der Waals surface area contributed by atoms with Gasteiger partial charge in [0.1, 0.15) is 0 Å². The lowest BCUT2D eigenvalue weighted by atomic mass is 10.1. The maximum absolute atomic E-state index is 4.11. The van der Waals surface area contributed by atoms with Crippen molar-refractivity contribution < 1.29 is 0 Å². The highest BCUT2D eigenvalue weighted by molar-refractivity contribution is 5.81. The maximum atomic E-state index is 4.11. The van der Waals surface area contributed by atoms with Crippen LogP contribution in [-0.4, -0.2) is 40.8 Å². The number of rotatable bonds is 5. The van der Waals surface area contributed by atoms with Gasteiger partial charge in [-0.05, 0) is 31.5 Å². The van der Waals surface area contributed by atoms with Crippen LogP contribution in [0.15, 0.2) is 24.4 Å². The molecule has 1 aromatic carbocycles. The number of aromatic nitrogens is 2. The van der Waals surface area contributed by atoms with Crippen LogP contribution < -0.4 is 5.32 Å². The first-order valence-corrected chi connectivity index (χ1v) is 7.24. The molecule has 1 atom stereocenters. The van der Waals surface area contributed by atoms with Crippen molar-refractivity contribution in [2.45, 2.75) is 32.4 Å². The van der Waals surface area contributed by atoms with Crippen molar-refractivity contribution in [1.82, 2.24) is 20.4 Å². The summed E-state index contributed by atoms with van der Waals surface area (Å²) in [5.74, 6) is 0. The predicted octanol–water partition coefficient (Wildman–Crippen LogP) is 2.14. The lowest BCUT2D eigenvalue weighted by molar-refractivity contribution is 0.260. The van der Waals surface area contributed by atoms with Gasteiger partial charge in [-0.2, -0.15) is 5.10 Å². The van der Waals surface area contributed by atoms with E-state index in [-0.39, 0.29) is 0 Å². The molecule has 0 saturated carbocycles. The molecule has 1 saturated heterocycles. The number of fused-ring (bicyclic) bond motifs is 1. The highest BCUT2D eigenvalue weighted by Crippen LogP contribution is 2.17. The van der Waals surface area contributed by atoms with E-state index in [9.17, 15) is 0 Å². The fourth-order valence-electron chi connectivity index (χ4n) is 3.09. The Kier molecular flexibility index (Phi) is 3.80. The van der Waals surface area contributed by atoms with Crippen molar-refractivity contribution in [2.24, 2.45) is 0 Å². The number of nitrogens with one attached hydrogen (secondary N) is 2. The average molecular weight is 258 g/mol. The third-order valence-electron chi connectivity index (χ3n) is 4.16. The van der Waals surface area contributed by atoms with Gasteiger partial charge < -0.3 is 5.32 Å². The summed E-state index contributed by atoms with van der Waals surface area (Å²) >= 11 is 0. The quantitative estimate of drug-likeness (QED) is 0.863. The highest BCUT2D eigenvalue weighted by Gasteiger charge is 2.22. The molecule has 4 heteroatoms. The van der Waals surface area contributed by atoms with Crippen molar-refractivity contribution in [3.05, 3.63) is 30.0 Å². The van der Waals surface area contributed by atoms with Gasteiger partial charge in [0, 0.05) is 24.5 Å². The molecular formula is C15H22N4. The molecule has 0 radical (unpaired) electrons. The number of benzene rings is 1. The molecule has 1 aliphatic rings. The normalized spacial score (nSPS) is 20.4. The largest absolute Gasteiger partial charge is 0.311 e. The van der Waals surface area contributed by atoms with E-state index >= 15 is 0 Å². The molecule has 0 aliphatic carbocycles. The van der Waals surface area contributed by atoms with Crippen LogP contribution in [0.4, 0.5) is 0 Å². The summed E-state index contributed by atoms with van der Waals surface area (Å²) in [6.07, 6.45) is 4.56. The second-order valence-corrected chi connectivity index (χ2v) is 5.31. The molecule has 1 fully saturated rings. The van der Waals surface area contributed by atoms with Crippen LogP contribution in [-0.2, 0) is 6.54 Å². The average Bonchev–Trinajstić information content (AvgIpc) is 3.07. The van der Waals surface area contributed by atoms with Crippen molar-refractivity contribution in [1.29, 1.82) is 0 Å². The minimum absolute atomic E-state index is 0.714. The smallest absolute Gasteiger partial charge is 0.0695 e. The van der Waals surface area contributed by atoms with Gasteiger partial charge in [-0.25, -0.2) is 0 Å². The van der Waals surface area contributed by atoms with Crippen LogP contribution in [0, 0.1) is 0 Å². The van der Waals surface area contributed by atoms with Crippen molar-refractivity contribution in [3.63, 3.8) is 0 Å².